The summed E-state index contributed by atoms with van der Waals surface area (Å²) in [6.45, 7) is 0. The van der Waals surface area contributed by atoms with Gasteiger partial charge in [-0.15, -0.1) is 0 Å². The van der Waals surface area contributed by atoms with Crippen molar-refractivity contribution in [3.05, 3.63) is 29.6 Å². The van der Waals surface area contributed by atoms with Gasteiger partial charge < -0.3 is 11.1 Å². The van der Waals surface area contributed by atoms with Gasteiger partial charge in [0.25, 0.3) is 0 Å². The fourth-order valence-electron chi connectivity index (χ4n) is 2.09. The van der Waals surface area contributed by atoms with Crippen molar-refractivity contribution in [3.63, 3.8) is 0 Å². The highest BCUT2D eigenvalue weighted by molar-refractivity contribution is 5.60. The van der Waals surface area contributed by atoms with Crippen LogP contribution >= 0.6 is 0 Å². The van der Waals surface area contributed by atoms with Crippen LogP contribution in [-0.4, -0.2) is 14.8 Å². The van der Waals surface area contributed by atoms with E-state index in [0.29, 0.717) is 11.7 Å². The molecule has 21 heavy (non-hydrogen) atoms. The fourth-order valence-corrected chi connectivity index (χ4v) is 2.09. The van der Waals surface area contributed by atoms with Gasteiger partial charge in [0.1, 0.15) is 11.6 Å². The highest BCUT2D eigenvalue weighted by Crippen LogP contribution is 2.40. The lowest BCUT2D eigenvalue weighted by molar-refractivity contribution is -0.137. The molecule has 0 spiro atoms. The third-order valence-electron chi connectivity index (χ3n) is 3.39. The van der Waals surface area contributed by atoms with Gasteiger partial charge >= 0.3 is 6.18 Å². The molecule has 0 radical (unpaired) electrons. The van der Waals surface area contributed by atoms with Crippen LogP contribution in [-0.2, 0) is 13.2 Å². The summed E-state index contributed by atoms with van der Waals surface area (Å²) in [5.41, 5.74) is 5.14. The minimum atomic E-state index is -4.50. The zero-order valence-electron chi connectivity index (χ0n) is 11.3. The molecular weight excluding hydrogens is 283 g/mol. The zero-order valence-corrected chi connectivity index (χ0v) is 11.3. The number of anilines is 3. The number of hydrogen-bond acceptors (Lipinski definition) is 4. The van der Waals surface area contributed by atoms with Crippen molar-refractivity contribution in [1.29, 1.82) is 0 Å². The first-order valence-electron chi connectivity index (χ1n) is 6.48. The quantitative estimate of drug-likeness (QED) is 0.913. The van der Waals surface area contributed by atoms with Crippen LogP contribution in [0.25, 0.3) is 0 Å². The van der Waals surface area contributed by atoms with E-state index in [1.165, 1.54) is 6.07 Å². The highest BCUT2D eigenvalue weighted by atomic mass is 19.4. The number of nitrogens with zero attached hydrogens (tertiary/aromatic N) is 3. The number of pyridine rings is 1. The van der Waals surface area contributed by atoms with Gasteiger partial charge in [0.15, 0.2) is 0 Å². The molecule has 0 amide bonds. The number of aryl methyl sites for hydroxylation is 1. The average Bonchev–Trinajstić information content (AvgIpc) is 3.14. The number of alkyl halides is 3. The van der Waals surface area contributed by atoms with Crippen LogP contribution in [0.2, 0.25) is 0 Å². The number of hydrogen-bond donors (Lipinski definition) is 2. The molecule has 2 aromatic rings. The van der Waals surface area contributed by atoms with E-state index >= 15 is 0 Å². The molecule has 1 aliphatic rings. The lowest BCUT2D eigenvalue weighted by atomic mass is 10.2. The molecule has 112 valence electrons. The van der Waals surface area contributed by atoms with Crippen LogP contribution in [0.15, 0.2) is 18.3 Å². The van der Waals surface area contributed by atoms with Crippen molar-refractivity contribution in [2.45, 2.75) is 24.9 Å². The highest BCUT2D eigenvalue weighted by Gasteiger charge is 2.33. The van der Waals surface area contributed by atoms with E-state index in [4.69, 9.17) is 5.73 Å². The van der Waals surface area contributed by atoms with Gasteiger partial charge in [-0.2, -0.15) is 18.3 Å². The summed E-state index contributed by atoms with van der Waals surface area (Å²) >= 11 is 0. The number of aromatic nitrogens is 3. The van der Waals surface area contributed by atoms with E-state index in [0.717, 1.165) is 24.7 Å². The summed E-state index contributed by atoms with van der Waals surface area (Å²) in [6, 6.07) is 3.06. The van der Waals surface area contributed by atoms with Crippen LogP contribution < -0.4 is 11.1 Å². The molecule has 1 fully saturated rings. The Kier molecular flexibility index (Phi) is 3.03. The van der Waals surface area contributed by atoms with Crippen molar-refractivity contribution < 1.29 is 13.2 Å². The van der Waals surface area contributed by atoms with Crippen molar-refractivity contribution in [2.75, 3.05) is 11.1 Å². The first kappa shape index (κ1) is 13.7. The molecule has 8 heteroatoms. The second-order valence-electron chi connectivity index (χ2n) is 5.13. The molecule has 2 aromatic heterocycles. The van der Waals surface area contributed by atoms with Gasteiger partial charge in [0.2, 0.25) is 0 Å². The Morgan fingerprint density at radius 3 is 2.62 bits per heavy atom. The Morgan fingerprint density at radius 1 is 1.33 bits per heavy atom. The maximum Gasteiger partial charge on any atom is 0.419 e. The Hall–Kier alpha value is -2.25. The Labute approximate surface area is 119 Å². The van der Waals surface area contributed by atoms with Crippen molar-refractivity contribution >= 4 is 17.3 Å². The van der Waals surface area contributed by atoms with E-state index in [1.807, 2.05) is 6.07 Å². The number of nitrogens with two attached hydrogens (primary N) is 1. The summed E-state index contributed by atoms with van der Waals surface area (Å²) in [4.78, 5) is 3.76. The van der Waals surface area contributed by atoms with Gasteiger partial charge in [-0.3, -0.25) is 4.68 Å². The average molecular weight is 297 g/mol. The van der Waals surface area contributed by atoms with E-state index in [-0.39, 0.29) is 11.5 Å². The summed E-state index contributed by atoms with van der Waals surface area (Å²) in [6.07, 6.45) is -1.51. The van der Waals surface area contributed by atoms with Crippen LogP contribution in [0.1, 0.15) is 30.0 Å². The first-order chi connectivity index (χ1) is 9.84. The zero-order chi connectivity index (χ0) is 15.2. The molecule has 0 atom stereocenters. The SMILES string of the molecule is Cn1nc(C2CC2)cc1Nc1cc(N)c(C(F)(F)F)cn1. The summed E-state index contributed by atoms with van der Waals surface area (Å²) in [5, 5.41) is 7.30. The third kappa shape index (κ3) is 2.79. The maximum absolute atomic E-state index is 12.6. The van der Waals surface area contributed by atoms with Gasteiger partial charge in [-0.1, -0.05) is 0 Å². The monoisotopic (exact) mass is 297 g/mol. The summed E-state index contributed by atoms with van der Waals surface area (Å²) in [5.74, 6) is 1.42. The first-order valence-corrected chi connectivity index (χ1v) is 6.48. The Morgan fingerprint density at radius 2 is 2.05 bits per heavy atom. The molecule has 0 aliphatic heterocycles. The molecular formula is C13H14F3N5. The van der Waals surface area contributed by atoms with Gasteiger partial charge in [-0.05, 0) is 12.8 Å². The van der Waals surface area contributed by atoms with E-state index < -0.39 is 11.7 Å². The normalized spacial score (nSPS) is 15.2. The predicted molar refractivity (Wildman–Crippen MR) is 72.1 cm³/mol. The Balaban J connectivity index is 1.83. The standard InChI is InChI=1S/C13H14F3N5/c1-21-12(5-10(20-21)7-2-3-7)19-11-4-9(17)8(6-18-11)13(14,15)16/h4-7H,2-3H2,1H3,(H3,17,18,19). The van der Waals surface area contributed by atoms with Gasteiger partial charge in [-0.25, -0.2) is 4.98 Å². The molecule has 0 unspecified atom stereocenters. The Bertz CT molecular complexity index is 673. The van der Waals surface area contributed by atoms with Crippen LogP contribution in [0, 0.1) is 0 Å². The molecule has 3 rings (SSSR count). The fraction of sp³-hybridized carbons (Fsp3) is 0.385. The summed E-state index contributed by atoms with van der Waals surface area (Å²) < 4.78 is 39.5. The van der Waals surface area contributed by atoms with Crippen molar-refractivity contribution in [1.82, 2.24) is 14.8 Å². The van der Waals surface area contributed by atoms with Gasteiger partial charge in [0, 0.05) is 37.0 Å². The number of nitrogens with one attached hydrogen (secondary N) is 1. The van der Waals surface area contributed by atoms with E-state index in [9.17, 15) is 13.2 Å². The molecule has 0 aromatic carbocycles. The van der Waals surface area contributed by atoms with Crippen molar-refractivity contribution in [2.24, 2.45) is 7.05 Å². The smallest absolute Gasteiger partial charge is 0.398 e. The largest absolute Gasteiger partial charge is 0.419 e. The molecule has 5 nitrogen and oxygen atoms in total. The minimum absolute atomic E-state index is 0.255. The topological polar surface area (TPSA) is 68.8 Å². The number of rotatable bonds is 3. The lowest BCUT2D eigenvalue weighted by Crippen LogP contribution is -2.10. The molecule has 3 N–H and O–H groups in total. The maximum atomic E-state index is 12.6. The molecule has 0 saturated heterocycles. The van der Waals surface area contributed by atoms with E-state index in [2.05, 4.69) is 15.4 Å². The second-order valence-corrected chi connectivity index (χ2v) is 5.13. The van der Waals surface area contributed by atoms with Crippen LogP contribution in [0.3, 0.4) is 0 Å². The molecule has 0 bridgehead atoms. The molecule has 2 heterocycles. The molecule has 1 aliphatic carbocycles. The van der Waals surface area contributed by atoms with E-state index in [1.54, 1.807) is 11.7 Å². The van der Waals surface area contributed by atoms with Crippen LogP contribution in [0.4, 0.5) is 30.5 Å². The second kappa shape index (κ2) is 4.64. The lowest BCUT2D eigenvalue weighted by Gasteiger charge is -2.11. The number of halogens is 3. The number of nitrogen functional groups attached to an aromatic ring is 1. The van der Waals surface area contributed by atoms with Crippen molar-refractivity contribution in [3.8, 4) is 0 Å². The summed E-state index contributed by atoms with van der Waals surface area (Å²) in [7, 11) is 1.77. The minimum Gasteiger partial charge on any atom is -0.398 e. The van der Waals surface area contributed by atoms with Crippen LogP contribution in [0.5, 0.6) is 0 Å². The molecule has 1 saturated carbocycles. The predicted octanol–water partition coefficient (Wildman–Crippen LogP) is 3.04. The third-order valence-corrected chi connectivity index (χ3v) is 3.39. The van der Waals surface area contributed by atoms with Gasteiger partial charge in [0.05, 0.1) is 11.3 Å².